The molecule has 0 radical (unpaired) electrons. The van der Waals surface area contributed by atoms with Gasteiger partial charge in [0.1, 0.15) is 6.61 Å². The van der Waals surface area contributed by atoms with Crippen LogP contribution in [-0.2, 0) is 4.74 Å². The highest BCUT2D eigenvalue weighted by Gasteiger charge is 2.07. The Kier molecular flexibility index (Phi) is 2.02. The predicted octanol–water partition coefficient (Wildman–Crippen LogP) is 1.77. The van der Waals surface area contributed by atoms with Crippen molar-refractivity contribution in [2.45, 2.75) is 13.7 Å². The maximum atomic E-state index is 11.9. The molecule has 0 aliphatic rings. The quantitative estimate of drug-likeness (QED) is 0.614. The van der Waals surface area contributed by atoms with Crippen molar-refractivity contribution in [2.24, 2.45) is 0 Å². The predicted molar refractivity (Wildman–Crippen MR) is 68.9 cm³/mol. The topological polar surface area (TPSA) is 55.6 Å². The van der Waals surface area contributed by atoms with E-state index in [1.54, 1.807) is 0 Å². The van der Waals surface area contributed by atoms with Crippen LogP contribution in [0.15, 0.2) is 24.3 Å². The smallest absolute Gasteiger partial charge is 0.338 e. The Morgan fingerprint density at radius 2 is 2.06 bits per heavy atom. The number of nitrogens with two attached hydrogens (primary N) is 1. The van der Waals surface area contributed by atoms with E-state index in [-0.39, 0.29) is 10.5 Å². The van der Waals surface area contributed by atoms with Crippen molar-refractivity contribution in [3.63, 3.8) is 0 Å². The molecule has 0 saturated carbocycles. The molecule has 17 heavy (non-hydrogen) atoms. The highest BCUT2D eigenvalue weighted by atomic mass is 16.5. The van der Waals surface area contributed by atoms with Crippen LogP contribution in [0.3, 0.4) is 0 Å². The molecule has 0 saturated heterocycles. The third-order valence-corrected chi connectivity index (χ3v) is 1.96. The number of carbonyl (C=O) groups is 1. The van der Waals surface area contributed by atoms with Crippen LogP contribution in [0.25, 0.3) is 0 Å². The van der Waals surface area contributed by atoms with E-state index in [1.165, 1.54) is 24.3 Å². The monoisotopic (exact) mass is 246 g/mol. The average molecular weight is 246 g/mol. The van der Waals surface area contributed by atoms with Crippen molar-refractivity contribution in [3.05, 3.63) is 29.8 Å². The summed E-state index contributed by atoms with van der Waals surface area (Å²) < 4.78 is 79.4. The summed E-state index contributed by atoms with van der Waals surface area (Å²) in [5, 5.41) is 0. The number of ether oxygens (including phenoxy) is 1. The lowest BCUT2D eigenvalue weighted by molar-refractivity contribution is 0.0466. The second-order valence-corrected chi connectivity index (χ2v) is 3.13. The van der Waals surface area contributed by atoms with Crippen LogP contribution in [-0.4, -0.2) is 37.0 Å². The molecular formula is C13H20N2O2. The summed E-state index contributed by atoms with van der Waals surface area (Å²) in [6, 6.07) is 5.64. The molecule has 0 aromatic heterocycles. The van der Waals surface area contributed by atoms with Crippen LogP contribution in [0.2, 0.25) is 0 Å². The van der Waals surface area contributed by atoms with E-state index in [0.717, 1.165) is 0 Å². The largest absolute Gasteiger partial charge is 0.461 e. The summed E-state index contributed by atoms with van der Waals surface area (Å²) in [6.45, 7) is -14.7. The van der Waals surface area contributed by atoms with Gasteiger partial charge in [-0.1, -0.05) is 13.7 Å². The van der Waals surface area contributed by atoms with Gasteiger partial charge in [-0.3, -0.25) is 0 Å². The molecule has 0 aliphatic heterocycles. The molecule has 1 aromatic carbocycles. The Morgan fingerprint density at radius 3 is 2.65 bits per heavy atom. The number of hydrogen-bond donors (Lipinski definition) is 1. The van der Waals surface area contributed by atoms with Crippen LogP contribution < -0.4 is 5.73 Å². The van der Waals surface area contributed by atoms with E-state index in [4.69, 9.17) is 24.2 Å². The summed E-state index contributed by atoms with van der Waals surface area (Å²) in [5.41, 5.74) is 6.03. The zero-order chi connectivity index (χ0) is 21.3. The van der Waals surface area contributed by atoms with Crippen LogP contribution >= 0.6 is 0 Å². The minimum absolute atomic E-state index is 0.0380. The molecule has 0 amide bonds. The molecule has 0 heterocycles. The van der Waals surface area contributed by atoms with Gasteiger partial charge in [0.25, 0.3) is 0 Å². The van der Waals surface area contributed by atoms with Gasteiger partial charge < -0.3 is 15.4 Å². The second kappa shape index (κ2) is 6.91. The lowest BCUT2D eigenvalue weighted by Gasteiger charge is -2.17. The molecule has 1 rings (SSSR count). The molecule has 4 heteroatoms. The fourth-order valence-corrected chi connectivity index (χ4v) is 1.07. The van der Waals surface area contributed by atoms with Gasteiger partial charge in [0, 0.05) is 25.9 Å². The van der Waals surface area contributed by atoms with Gasteiger partial charge in [-0.15, -0.1) is 0 Å². The maximum absolute atomic E-state index is 11.9. The zero-order valence-electron chi connectivity index (χ0n) is 19.1. The summed E-state index contributed by atoms with van der Waals surface area (Å²) >= 11 is 0. The van der Waals surface area contributed by atoms with Gasteiger partial charge in [-0.25, -0.2) is 4.79 Å². The molecule has 94 valence electrons. The van der Waals surface area contributed by atoms with E-state index in [9.17, 15) is 4.79 Å². The molecule has 0 fully saturated rings. The number of nitrogens with zero attached hydrogens (tertiary/aromatic N) is 1. The number of anilines is 1. The molecule has 0 unspecified atom stereocenters. The van der Waals surface area contributed by atoms with E-state index in [1.807, 2.05) is 0 Å². The van der Waals surface area contributed by atoms with Crippen molar-refractivity contribution >= 4 is 11.7 Å². The van der Waals surface area contributed by atoms with Gasteiger partial charge in [-0.2, -0.15) is 0 Å². The van der Waals surface area contributed by atoms with Crippen molar-refractivity contribution in [2.75, 3.05) is 31.9 Å². The molecule has 1 aromatic rings. The van der Waals surface area contributed by atoms with Gasteiger partial charge >= 0.3 is 5.97 Å². The molecule has 4 nitrogen and oxygen atoms in total. The number of esters is 1. The average Bonchev–Trinajstić information content (AvgIpc) is 2.49. The van der Waals surface area contributed by atoms with E-state index in [2.05, 4.69) is 0 Å². The van der Waals surface area contributed by atoms with Crippen molar-refractivity contribution in [3.8, 4) is 0 Å². The summed E-state index contributed by atoms with van der Waals surface area (Å²) in [7, 11) is 0. The Bertz CT molecular complexity index is 629. The first-order chi connectivity index (χ1) is 12.0. The Balaban J connectivity index is 2.99. The Hall–Kier alpha value is -1.55. The highest BCUT2D eigenvalue weighted by molar-refractivity contribution is 5.89. The van der Waals surface area contributed by atoms with Gasteiger partial charge in [0.15, 0.2) is 0 Å². The normalized spacial score (nSPS) is 22.4. The minimum atomic E-state index is -3.34. The maximum Gasteiger partial charge on any atom is 0.338 e. The van der Waals surface area contributed by atoms with E-state index < -0.39 is 45.8 Å². The summed E-state index contributed by atoms with van der Waals surface area (Å²) in [6.07, 6.45) is 0. The lowest BCUT2D eigenvalue weighted by Crippen LogP contribution is -2.27. The lowest BCUT2D eigenvalue weighted by atomic mass is 10.2. The summed E-state index contributed by atoms with van der Waals surface area (Å²) in [4.78, 5) is 12.0. The van der Waals surface area contributed by atoms with Crippen LogP contribution in [0.5, 0.6) is 0 Å². The number of rotatable bonds is 6. The first-order valence-corrected chi connectivity index (χ1v) is 4.82. The number of likely N-dealkylation sites (N-methyl/N-ethyl adjacent to an activating group) is 1. The van der Waals surface area contributed by atoms with Crippen molar-refractivity contribution in [1.82, 2.24) is 4.90 Å². The number of benzene rings is 1. The first kappa shape index (κ1) is 4.98. The number of hydrogen-bond acceptors (Lipinski definition) is 4. The van der Waals surface area contributed by atoms with Crippen LogP contribution in [0.1, 0.15) is 37.8 Å². The fraction of sp³-hybridized carbons (Fsp3) is 0.462. The van der Waals surface area contributed by atoms with E-state index >= 15 is 0 Å². The molecule has 0 bridgehead atoms. The molecular weight excluding hydrogens is 216 g/mol. The Morgan fingerprint density at radius 1 is 1.41 bits per heavy atom. The van der Waals surface area contributed by atoms with Crippen molar-refractivity contribution in [1.29, 1.82) is 0 Å². The first-order valence-electron chi connectivity index (χ1n) is 9.82. The standard InChI is InChI=1S/C13H20N2O2/c1-3-15(4-2)9-10-17-13(16)11-5-7-12(14)8-6-11/h5-8H,3-4,9-10,14H2,1-2H3/i1D3,2D3,3D2,4D2. The Labute approximate surface area is 116 Å². The minimum Gasteiger partial charge on any atom is -0.461 e. The SMILES string of the molecule is [2H]C([2H])([2H])C([2H])([2H])N(CCOC(=O)c1ccc(N)cc1)C([2H])([2H])C([2H])([2H])[2H]. The van der Waals surface area contributed by atoms with E-state index in [0.29, 0.717) is 5.69 Å². The van der Waals surface area contributed by atoms with Gasteiger partial charge in [-0.05, 0) is 37.3 Å². The molecule has 0 aliphatic carbocycles. The molecule has 0 atom stereocenters. The highest BCUT2D eigenvalue weighted by Crippen LogP contribution is 2.06. The third-order valence-electron chi connectivity index (χ3n) is 1.96. The van der Waals surface area contributed by atoms with Crippen LogP contribution in [0.4, 0.5) is 5.69 Å². The van der Waals surface area contributed by atoms with Crippen LogP contribution in [0, 0.1) is 0 Å². The molecule has 0 spiro atoms. The van der Waals surface area contributed by atoms with Gasteiger partial charge in [0.05, 0.1) is 5.56 Å². The second-order valence-electron chi connectivity index (χ2n) is 3.13. The zero-order valence-corrected chi connectivity index (χ0v) is 9.06. The number of nitrogen functional groups attached to an aromatic ring is 1. The van der Waals surface area contributed by atoms with Gasteiger partial charge in [0.2, 0.25) is 0 Å². The third kappa shape index (κ3) is 4.44. The molecule has 2 N–H and O–H groups in total. The van der Waals surface area contributed by atoms with Crippen molar-refractivity contribution < 1.29 is 23.2 Å². The fourth-order valence-electron chi connectivity index (χ4n) is 1.07. The number of carbonyl (C=O) groups excluding carboxylic acids is 1. The summed E-state index contributed by atoms with van der Waals surface area (Å²) in [5.74, 6) is -0.834.